The van der Waals surface area contributed by atoms with E-state index in [9.17, 15) is 4.79 Å². The van der Waals surface area contributed by atoms with Crippen LogP contribution in [0.2, 0.25) is 0 Å². The Morgan fingerprint density at radius 3 is 2.90 bits per heavy atom. The van der Waals surface area contributed by atoms with Crippen molar-refractivity contribution in [3.05, 3.63) is 35.9 Å². The minimum absolute atomic E-state index is 0.189. The summed E-state index contributed by atoms with van der Waals surface area (Å²) >= 11 is 0. The molecule has 1 amide bonds. The van der Waals surface area contributed by atoms with Crippen molar-refractivity contribution in [1.82, 2.24) is 4.90 Å². The van der Waals surface area contributed by atoms with Gasteiger partial charge in [0.25, 0.3) is 0 Å². The molecule has 1 aliphatic heterocycles. The fourth-order valence-corrected chi connectivity index (χ4v) is 2.68. The van der Waals surface area contributed by atoms with Gasteiger partial charge in [0.2, 0.25) is 0 Å². The van der Waals surface area contributed by atoms with Crippen molar-refractivity contribution in [2.45, 2.75) is 32.3 Å². The first-order valence-corrected chi connectivity index (χ1v) is 7.45. The number of likely N-dealkylation sites (tertiary alicyclic amines) is 1. The second-order valence-electron chi connectivity index (χ2n) is 5.43. The summed E-state index contributed by atoms with van der Waals surface area (Å²) in [5.74, 6) is 0.580. The standard InChI is InChI=1S/C16H24N2O2/c17-10-4-8-14-9-5-11-18(12-14)16(19)20-13-15-6-2-1-3-7-15/h1-3,6-7,14H,4-5,8-13,17H2. The largest absolute Gasteiger partial charge is 0.445 e. The number of nitrogens with zero attached hydrogens (tertiary/aromatic N) is 1. The molecule has 20 heavy (non-hydrogen) atoms. The molecule has 0 bridgehead atoms. The van der Waals surface area contributed by atoms with Crippen molar-refractivity contribution in [1.29, 1.82) is 0 Å². The number of hydrogen-bond donors (Lipinski definition) is 1. The highest BCUT2D eigenvalue weighted by Crippen LogP contribution is 2.21. The van der Waals surface area contributed by atoms with Crippen LogP contribution in [0.15, 0.2) is 30.3 Å². The predicted molar refractivity (Wildman–Crippen MR) is 79.2 cm³/mol. The molecule has 0 spiro atoms. The number of nitrogens with two attached hydrogens (primary N) is 1. The molecule has 1 fully saturated rings. The first-order chi connectivity index (χ1) is 9.79. The Bertz CT molecular complexity index is 408. The van der Waals surface area contributed by atoms with Crippen molar-refractivity contribution in [2.24, 2.45) is 11.7 Å². The third-order valence-corrected chi connectivity index (χ3v) is 3.80. The molecule has 1 atom stereocenters. The molecular formula is C16H24N2O2. The number of benzene rings is 1. The van der Waals surface area contributed by atoms with Crippen LogP contribution < -0.4 is 5.73 Å². The fourth-order valence-electron chi connectivity index (χ4n) is 2.68. The lowest BCUT2D eigenvalue weighted by Crippen LogP contribution is -2.40. The molecule has 2 rings (SSSR count). The van der Waals surface area contributed by atoms with Crippen LogP contribution in [0.4, 0.5) is 4.79 Å². The van der Waals surface area contributed by atoms with Gasteiger partial charge in [-0.2, -0.15) is 0 Å². The first kappa shape index (κ1) is 14.9. The minimum Gasteiger partial charge on any atom is -0.445 e. The summed E-state index contributed by atoms with van der Waals surface area (Å²) in [6, 6.07) is 9.79. The SMILES string of the molecule is NCCCC1CCCN(C(=O)OCc2ccccc2)C1. The average Bonchev–Trinajstić information content (AvgIpc) is 2.52. The van der Waals surface area contributed by atoms with E-state index in [4.69, 9.17) is 10.5 Å². The van der Waals surface area contributed by atoms with Crippen LogP contribution in [0.5, 0.6) is 0 Å². The number of piperidine rings is 1. The van der Waals surface area contributed by atoms with E-state index in [1.54, 1.807) is 0 Å². The van der Waals surface area contributed by atoms with Gasteiger partial charge in [-0.05, 0) is 43.7 Å². The zero-order chi connectivity index (χ0) is 14.2. The summed E-state index contributed by atoms with van der Waals surface area (Å²) in [5, 5.41) is 0. The van der Waals surface area contributed by atoms with E-state index in [0.717, 1.165) is 44.5 Å². The van der Waals surface area contributed by atoms with Crippen molar-refractivity contribution in [2.75, 3.05) is 19.6 Å². The van der Waals surface area contributed by atoms with Gasteiger partial charge in [-0.25, -0.2) is 4.79 Å². The zero-order valence-electron chi connectivity index (χ0n) is 12.0. The Hall–Kier alpha value is -1.55. The third-order valence-electron chi connectivity index (χ3n) is 3.80. The van der Waals surface area contributed by atoms with Crippen molar-refractivity contribution in [3.63, 3.8) is 0 Å². The highest BCUT2D eigenvalue weighted by atomic mass is 16.6. The van der Waals surface area contributed by atoms with Crippen LogP contribution in [0.3, 0.4) is 0 Å². The summed E-state index contributed by atoms with van der Waals surface area (Å²) in [7, 11) is 0. The topological polar surface area (TPSA) is 55.6 Å². The Balaban J connectivity index is 1.77. The molecule has 1 aromatic carbocycles. The predicted octanol–water partition coefficient (Wildman–Crippen LogP) is 2.77. The molecule has 0 saturated carbocycles. The summed E-state index contributed by atoms with van der Waals surface area (Å²) < 4.78 is 5.38. The molecule has 1 heterocycles. The van der Waals surface area contributed by atoms with Crippen molar-refractivity contribution < 1.29 is 9.53 Å². The summed E-state index contributed by atoms with van der Waals surface area (Å²) in [6.45, 7) is 2.71. The highest BCUT2D eigenvalue weighted by Gasteiger charge is 2.24. The lowest BCUT2D eigenvalue weighted by Gasteiger charge is -2.32. The molecule has 4 heteroatoms. The number of carbonyl (C=O) groups is 1. The number of amides is 1. The van der Waals surface area contributed by atoms with Crippen LogP contribution in [0, 0.1) is 5.92 Å². The smallest absolute Gasteiger partial charge is 0.410 e. The van der Waals surface area contributed by atoms with Crippen LogP contribution in [0.1, 0.15) is 31.2 Å². The molecule has 1 unspecified atom stereocenters. The van der Waals surface area contributed by atoms with E-state index >= 15 is 0 Å². The van der Waals surface area contributed by atoms with Crippen LogP contribution in [-0.2, 0) is 11.3 Å². The van der Waals surface area contributed by atoms with Gasteiger partial charge in [0.1, 0.15) is 6.61 Å². The molecule has 110 valence electrons. The van der Waals surface area contributed by atoms with Crippen molar-refractivity contribution >= 4 is 6.09 Å². The third kappa shape index (κ3) is 4.53. The van der Waals surface area contributed by atoms with E-state index < -0.39 is 0 Å². The zero-order valence-corrected chi connectivity index (χ0v) is 12.0. The van der Waals surface area contributed by atoms with E-state index in [2.05, 4.69) is 0 Å². The minimum atomic E-state index is -0.189. The molecule has 1 aromatic rings. The lowest BCUT2D eigenvalue weighted by molar-refractivity contribution is 0.0778. The number of carbonyl (C=O) groups excluding carboxylic acids is 1. The second-order valence-corrected chi connectivity index (χ2v) is 5.43. The number of rotatable bonds is 5. The second kappa shape index (κ2) is 7.90. The molecule has 0 radical (unpaired) electrons. The first-order valence-electron chi connectivity index (χ1n) is 7.45. The van der Waals surface area contributed by atoms with Crippen LogP contribution in [-0.4, -0.2) is 30.6 Å². The monoisotopic (exact) mass is 276 g/mol. The highest BCUT2D eigenvalue weighted by molar-refractivity contribution is 5.67. The molecule has 1 saturated heterocycles. The molecule has 2 N–H and O–H groups in total. The van der Waals surface area contributed by atoms with Gasteiger partial charge in [0.05, 0.1) is 0 Å². The molecule has 0 aromatic heterocycles. The van der Waals surface area contributed by atoms with E-state index in [1.807, 2.05) is 35.2 Å². The summed E-state index contributed by atoms with van der Waals surface area (Å²) in [5.41, 5.74) is 6.57. The number of hydrogen-bond acceptors (Lipinski definition) is 3. The van der Waals surface area contributed by atoms with E-state index in [-0.39, 0.29) is 6.09 Å². The van der Waals surface area contributed by atoms with Gasteiger partial charge < -0.3 is 15.4 Å². The van der Waals surface area contributed by atoms with Crippen LogP contribution in [0.25, 0.3) is 0 Å². The molecular weight excluding hydrogens is 252 g/mol. The van der Waals surface area contributed by atoms with Gasteiger partial charge in [0, 0.05) is 13.1 Å². The maximum atomic E-state index is 12.1. The average molecular weight is 276 g/mol. The maximum absolute atomic E-state index is 12.1. The normalized spacial score (nSPS) is 18.9. The van der Waals surface area contributed by atoms with Gasteiger partial charge >= 0.3 is 6.09 Å². The van der Waals surface area contributed by atoms with Gasteiger partial charge in [-0.15, -0.1) is 0 Å². The molecule has 1 aliphatic rings. The van der Waals surface area contributed by atoms with E-state index in [1.165, 1.54) is 6.42 Å². The van der Waals surface area contributed by atoms with Gasteiger partial charge in [-0.3, -0.25) is 0 Å². The van der Waals surface area contributed by atoms with Gasteiger partial charge in [0.15, 0.2) is 0 Å². The Labute approximate surface area is 120 Å². The maximum Gasteiger partial charge on any atom is 0.410 e. The molecule has 4 nitrogen and oxygen atoms in total. The lowest BCUT2D eigenvalue weighted by atomic mass is 9.94. The fraction of sp³-hybridized carbons (Fsp3) is 0.562. The van der Waals surface area contributed by atoms with Crippen LogP contribution >= 0.6 is 0 Å². The number of ether oxygens (including phenoxy) is 1. The summed E-state index contributed by atoms with van der Waals surface area (Å²) in [4.78, 5) is 13.9. The quantitative estimate of drug-likeness (QED) is 0.899. The van der Waals surface area contributed by atoms with Crippen molar-refractivity contribution in [3.8, 4) is 0 Å². The molecule has 0 aliphatic carbocycles. The summed E-state index contributed by atoms with van der Waals surface area (Å²) in [6.07, 6.45) is 4.22. The van der Waals surface area contributed by atoms with E-state index in [0.29, 0.717) is 12.5 Å². The Morgan fingerprint density at radius 1 is 1.35 bits per heavy atom. The Kier molecular flexibility index (Phi) is 5.87. The van der Waals surface area contributed by atoms with Gasteiger partial charge in [-0.1, -0.05) is 30.3 Å². The Morgan fingerprint density at radius 2 is 2.15 bits per heavy atom.